The van der Waals surface area contributed by atoms with Gasteiger partial charge in [-0.1, -0.05) is 60.7 Å². The molecule has 0 amide bonds. The predicted molar refractivity (Wildman–Crippen MR) is 117 cm³/mol. The maximum atomic E-state index is 14.6. The van der Waals surface area contributed by atoms with Crippen molar-refractivity contribution in [3.05, 3.63) is 101 Å². The van der Waals surface area contributed by atoms with Crippen molar-refractivity contribution in [1.82, 2.24) is 0 Å². The summed E-state index contributed by atoms with van der Waals surface area (Å²) >= 11 is 0. The maximum absolute atomic E-state index is 14.6. The highest BCUT2D eigenvalue weighted by Gasteiger charge is 2.19. The van der Waals surface area contributed by atoms with Gasteiger partial charge >= 0.3 is 0 Å². The third-order valence-electron chi connectivity index (χ3n) is 6.13. The van der Waals surface area contributed by atoms with Crippen LogP contribution in [0.3, 0.4) is 0 Å². The highest BCUT2D eigenvalue weighted by molar-refractivity contribution is 5.66. The molecule has 0 heterocycles. The van der Waals surface area contributed by atoms with Crippen LogP contribution in [0.4, 0.5) is 13.2 Å². The molecule has 1 atom stereocenters. The fraction of sp³-hybridized carbons (Fsp3) is 0.259. The second-order valence-electron chi connectivity index (χ2n) is 8.14. The van der Waals surface area contributed by atoms with E-state index in [1.807, 2.05) is 30.3 Å². The van der Waals surface area contributed by atoms with Gasteiger partial charge in [-0.15, -0.1) is 0 Å². The molecule has 3 heteroatoms. The van der Waals surface area contributed by atoms with Gasteiger partial charge in [0.05, 0.1) is 0 Å². The van der Waals surface area contributed by atoms with Crippen LogP contribution in [0.5, 0.6) is 0 Å². The minimum Gasteiger partial charge on any atom is -0.207 e. The zero-order valence-corrected chi connectivity index (χ0v) is 17.1. The van der Waals surface area contributed by atoms with Crippen molar-refractivity contribution in [2.45, 2.75) is 39.0 Å². The molecule has 0 bridgehead atoms. The van der Waals surface area contributed by atoms with Crippen molar-refractivity contribution in [2.24, 2.45) is 5.92 Å². The van der Waals surface area contributed by atoms with Crippen molar-refractivity contribution in [3.8, 4) is 11.1 Å². The Morgan fingerprint density at radius 1 is 0.867 bits per heavy atom. The van der Waals surface area contributed by atoms with Crippen LogP contribution < -0.4 is 0 Å². The maximum Gasteiger partial charge on any atom is 0.166 e. The Hall–Kier alpha value is -2.81. The molecule has 0 N–H and O–H groups in total. The highest BCUT2D eigenvalue weighted by Crippen LogP contribution is 2.34. The van der Waals surface area contributed by atoms with Gasteiger partial charge in [-0.05, 0) is 78.8 Å². The molecule has 1 unspecified atom stereocenters. The lowest BCUT2D eigenvalue weighted by molar-refractivity contribution is 0.440. The molecule has 0 nitrogen and oxygen atoms in total. The predicted octanol–water partition coefficient (Wildman–Crippen LogP) is 7.90. The molecule has 0 spiro atoms. The fourth-order valence-corrected chi connectivity index (χ4v) is 4.19. The van der Waals surface area contributed by atoms with Crippen molar-refractivity contribution >= 4 is 5.57 Å². The third-order valence-corrected chi connectivity index (χ3v) is 6.13. The van der Waals surface area contributed by atoms with Crippen LogP contribution in [-0.2, 0) is 6.42 Å². The number of benzene rings is 3. The van der Waals surface area contributed by atoms with Gasteiger partial charge in [0.2, 0.25) is 0 Å². The molecule has 3 aromatic rings. The first kappa shape index (κ1) is 20.5. The van der Waals surface area contributed by atoms with E-state index in [1.54, 1.807) is 37.3 Å². The van der Waals surface area contributed by atoms with E-state index in [9.17, 15) is 13.2 Å². The normalized spacial score (nSPS) is 16.4. The Morgan fingerprint density at radius 3 is 2.37 bits per heavy atom. The van der Waals surface area contributed by atoms with E-state index in [2.05, 4.69) is 6.08 Å². The summed E-state index contributed by atoms with van der Waals surface area (Å²) in [5.74, 6) is -1.25. The average Bonchev–Trinajstić information content (AvgIpc) is 2.78. The summed E-state index contributed by atoms with van der Waals surface area (Å²) in [5, 5.41) is 0. The minimum absolute atomic E-state index is 0.174. The first-order valence-corrected chi connectivity index (χ1v) is 10.5. The van der Waals surface area contributed by atoms with Gasteiger partial charge in [-0.25, -0.2) is 13.2 Å². The van der Waals surface area contributed by atoms with Gasteiger partial charge in [0.15, 0.2) is 11.6 Å². The first-order valence-electron chi connectivity index (χ1n) is 10.5. The quantitative estimate of drug-likeness (QED) is 0.404. The van der Waals surface area contributed by atoms with Gasteiger partial charge in [-0.2, -0.15) is 0 Å². The number of rotatable bonds is 5. The Balaban J connectivity index is 1.40. The molecule has 0 saturated carbocycles. The van der Waals surface area contributed by atoms with E-state index in [1.165, 1.54) is 5.57 Å². The standard InChI is InChI=1S/C27H25F3/c1-18-7-11-23(17-25(18)28)20-12-8-19(9-13-20)10-14-22-15-16-24(27(30)26(22)29)21-5-3-2-4-6-21/h2-7,11-12,15-17,19H,8-10,13-14H2,1H3. The summed E-state index contributed by atoms with van der Waals surface area (Å²) in [5.41, 5.74) is 4.18. The largest absolute Gasteiger partial charge is 0.207 e. The average molecular weight is 406 g/mol. The molecular weight excluding hydrogens is 381 g/mol. The molecule has 0 aliphatic heterocycles. The molecule has 1 aliphatic rings. The zero-order valence-electron chi connectivity index (χ0n) is 17.1. The molecule has 154 valence electrons. The molecule has 0 fully saturated rings. The van der Waals surface area contributed by atoms with Crippen molar-refractivity contribution in [1.29, 1.82) is 0 Å². The molecule has 3 aromatic carbocycles. The van der Waals surface area contributed by atoms with Gasteiger partial charge < -0.3 is 0 Å². The molecule has 0 radical (unpaired) electrons. The summed E-state index contributed by atoms with van der Waals surface area (Å²) in [6.07, 6.45) is 6.26. The van der Waals surface area contributed by atoms with E-state index >= 15 is 0 Å². The number of hydrogen-bond donors (Lipinski definition) is 0. The molecule has 30 heavy (non-hydrogen) atoms. The SMILES string of the molecule is Cc1ccc(C2=CCC(CCc3ccc(-c4ccccc4)c(F)c3F)CC2)cc1F. The summed E-state index contributed by atoms with van der Waals surface area (Å²) < 4.78 is 43.1. The summed E-state index contributed by atoms with van der Waals surface area (Å²) in [7, 11) is 0. The lowest BCUT2D eigenvalue weighted by Crippen LogP contribution is -2.08. The second kappa shape index (κ2) is 8.91. The van der Waals surface area contributed by atoms with E-state index in [-0.39, 0.29) is 5.82 Å². The second-order valence-corrected chi connectivity index (χ2v) is 8.14. The first-order chi connectivity index (χ1) is 14.5. The van der Waals surface area contributed by atoms with E-state index in [0.717, 1.165) is 31.2 Å². The van der Waals surface area contributed by atoms with Crippen LogP contribution in [0.2, 0.25) is 0 Å². The van der Waals surface area contributed by atoms with Crippen molar-refractivity contribution < 1.29 is 13.2 Å². The van der Waals surface area contributed by atoms with Gasteiger partial charge in [0.25, 0.3) is 0 Å². The van der Waals surface area contributed by atoms with Crippen LogP contribution in [0.15, 0.2) is 66.7 Å². The summed E-state index contributed by atoms with van der Waals surface area (Å²) in [6.45, 7) is 1.76. The topological polar surface area (TPSA) is 0 Å². The summed E-state index contributed by atoms with van der Waals surface area (Å²) in [4.78, 5) is 0. The molecular formula is C27H25F3. The Kier molecular flexibility index (Phi) is 6.08. The fourth-order valence-electron chi connectivity index (χ4n) is 4.19. The number of allylic oxidation sites excluding steroid dienone is 2. The van der Waals surface area contributed by atoms with Gasteiger partial charge in [-0.3, -0.25) is 0 Å². The highest BCUT2D eigenvalue weighted by atomic mass is 19.2. The van der Waals surface area contributed by atoms with Crippen LogP contribution in [0, 0.1) is 30.3 Å². The Labute approximate surface area is 176 Å². The molecule has 0 aromatic heterocycles. The van der Waals surface area contributed by atoms with E-state index in [4.69, 9.17) is 0 Å². The van der Waals surface area contributed by atoms with Crippen molar-refractivity contribution in [2.75, 3.05) is 0 Å². The summed E-state index contributed by atoms with van der Waals surface area (Å²) in [6, 6.07) is 17.8. The lowest BCUT2D eigenvalue weighted by atomic mass is 9.83. The van der Waals surface area contributed by atoms with E-state index in [0.29, 0.717) is 34.6 Å². The van der Waals surface area contributed by atoms with Crippen LogP contribution in [0.25, 0.3) is 16.7 Å². The Morgan fingerprint density at radius 2 is 1.67 bits per heavy atom. The van der Waals surface area contributed by atoms with E-state index < -0.39 is 11.6 Å². The third kappa shape index (κ3) is 4.35. The molecule has 0 saturated heterocycles. The van der Waals surface area contributed by atoms with Crippen molar-refractivity contribution in [3.63, 3.8) is 0 Å². The lowest BCUT2D eigenvalue weighted by Gasteiger charge is -2.22. The van der Waals surface area contributed by atoms with Crippen LogP contribution in [-0.4, -0.2) is 0 Å². The number of hydrogen-bond acceptors (Lipinski definition) is 0. The van der Waals surface area contributed by atoms with Gasteiger partial charge in [0, 0.05) is 5.56 Å². The smallest absolute Gasteiger partial charge is 0.166 e. The zero-order chi connectivity index (χ0) is 21.1. The number of aryl methyl sites for hydroxylation is 2. The van der Waals surface area contributed by atoms with Gasteiger partial charge in [0.1, 0.15) is 5.82 Å². The molecule has 4 rings (SSSR count). The van der Waals surface area contributed by atoms with Crippen LogP contribution >= 0.6 is 0 Å². The number of halogens is 3. The van der Waals surface area contributed by atoms with Crippen LogP contribution in [0.1, 0.15) is 42.4 Å². The molecule has 1 aliphatic carbocycles. The minimum atomic E-state index is -0.772. The monoisotopic (exact) mass is 406 g/mol. The Bertz CT molecular complexity index is 1070.